The Morgan fingerprint density at radius 2 is 1.85 bits per heavy atom. The lowest BCUT2D eigenvalue weighted by atomic mass is 10.2. The van der Waals surface area contributed by atoms with E-state index >= 15 is 0 Å². The highest BCUT2D eigenvalue weighted by molar-refractivity contribution is 6.17. The molecule has 0 N–H and O–H groups in total. The maximum absolute atomic E-state index is 5.92. The number of hydrogen-bond acceptors (Lipinski definition) is 2. The summed E-state index contributed by atoms with van der Waals surface area (Å²) in [6, 6.07) is 8.43. The number of benzene rings is 1. The summed E-state index contributed by atoms with van der Waals surface area (Å²) in [7, 11) is 1.95. The topological polar surface area (TPSA) is 35.6 Å². The number of rotatable bonds is 3. The van der Waals surface area contributed by atoms with Crippen molar-refractivity contribution in [3.05, 3.63) is 41.3 Å². The van der Waals surface area contributed by atoms with Crippen LogP contribution in [0.1, 0.15) is 17.1 Å². The van der Waals surface area contributed by atoms with E-state index in [1.54, 1.807) is 0 Å². The van der Waals surface area contributed by atoms with Gasteiger partial charge in [-0.2, -0.15) is 5.10 Å². The smallest absolute Gasteiger partial charge is 0.163 e. The Morgan fingerprint density at radius 3 is 2.50 bits per heavy atom. The minimum absolute atomic E-state index is 0.557. The summed E-state index contributed by atoms with van der Waals surface area (Å²) in [5, 5.41) is 4.46. The number of halogens is 1. The molecule has 0 unspecified atom stereocenters. The van der Waals surface area contributed by atoms with Gasteiger partial charge in [0.05, 0.1) is 5.69 Å². The van der Waals surface area contributed by atoms with Gasteiger partial charge in [-0.1, -0.05) is 17.7 Å². The van der Waals surface area contributed by atoms with E-state index < -0.39 is 0 Å². The Morgan fingerprint density at radius 1 is 1.15 bits per heavy atom. The van der Waals surface area contributed by atoms with Crippen LogP contribution in [0.5, 0.6) is 0 Å². The van der Waals surface area contributed by atoms with Crippen LogP contribution in [0, 0.1) is 13.8 Å². The van der Waals surface area contributed by atoms with Crippen LogP contribution in [-0.4, -0.2) is 25.2 Å². The number of aromatic nitrogens is 4. The third kappa shape index (κ3) is 2.00. The first kappa shape index (κ1) is 13.2. The SMILES string of the molecule is Cc1ccc(-n2c(CCCl)nc3c(C)nn(C)c32)cc1. The van der Waals surface area contributed by atoms with Crippen molar-refractivity contribution in [1.29, 1.82) is 0 Å². The minimum Gasteiger partial charge on any atom is -0.281 e. The van der Waals surface area contributed by atoms with Crippen molar-refractivity contribution in [2.75, 3.05) is 5.88 Å². The van der Waals surface area contributed by atoms with Gasteiger partial charge in [0.1, 0.15) is 11.3 Å². The summed E-state index contributed by atoms with van der Waals surface area (Å²) in [5.41, 5.74) is 5.26. The van der Waals surface area contributed by atoms with E-state index in [0.717, 1.165) is 34.8 Å². The van der Waals surface area contributed by atoms with Gasteiger partial charge in [0.15, 0.2) is 5.65 Å². The van der Waals surface area contributed by atoms with Gasteiger partial charge in [0, 0.05) is 25.0 Å². The molecule has 0 aliphatic rings. The zero-order valence-electron chi connectivity index (χ0n) is 11.9. The Hall–Kier alpha value is -1.81. The first-order valence-electron chi connectivity index (χ1n) is 6.65. The molecule has 5 heteroatoms. The highest BCUT2D eigenvalue weighted by atomic mass is 35.5. The molecule has 0 aliphatic heterocycles. The van der Waals surface area contributed by atoms with E-state index in [0.29, 0.717) is 5.88 Å². The number of imidazole rings is 1. The maximum atomic E-state index is 5.92. The van der Waals surface area contributed by atoms with Gasteiger partial charge >= 0.3 is 0 Å². The van der Waals surface area contributed by atoms with Crippen LogP contribution in [0.2, 0.25) is 0 Å². The Kier molecular flexibility index (Phi) is 3.26. The van der Waals surface area contributed by atoms with Gasteiger partial charge in [-0.05, 0) is 26.0 Å². The third-order valence-electron chi connectivity index (χ3n) is 3.48. The molecule has 0 spiro atoms. The Labute approximate surface area is 123 Å². The molecule has 0 fully saturated rings. The molecule has 0 saturated carbocycles. The van der Waals surface area contributed by atoms with Crippen molar-refractivity contribution in [3.8, 4) is 5.69 Å². The minimum atomic E-state index is 0.557. The maximum Gasteiger partial charge on any atom is 0.163 e. The molecule has 0 atom stereocenters. The third-order valence-corrected chi connectivity index (χ3v) is 3.67. The van der Waals surface area contributed by atoms with E-state index in [9.17, 15) is 0 Å². The molecular formula is C15H17ClN4. The van der Waals surface area contributed by atoms with Crippen LogP contribution in [0.3, 0.4) is 0 Å². The molecule has 20 heavy (non-hydrogen) atoms. The van der Waals surface area contributed by atoms with Gasteiger partial charge in [-0.25, -0.2) is 9.67 Å². The fourth-order valence-corrected chi connectivity index (χ4v) is 2.70. The van der Waals surface area contributed by atoms with Gasteiger partial charge in [-0.15, -0.1) is 11.6 Å². The molecular weight excluding hydrogens is 272 g/mol. The number of aryl methyl sites for hydroxylation is 4. The molecule has 0 bridgehead atoms. The highest BCUT2D eigenvalue weighted by Gasteiger charge is 2.18. The molecule has 0 aliphatic carbocycles. The molecule has 104 valence electrons. The summed E-state index contributed by atoms with van der Waals surface area (Å²) in [5.74, 6) is 1.54. The fourth-order valence-electron chi connectivity index (χ4n) is 2.53. The lowest BCUT2D eigenvalue weighted by Crippen LogP contribution is -2.06. The number of fused-ring (bicyclic) bond motifs is 1. The largest absolute Gasteiger partial charge is 0.281 e. The zero-order chi connectivity index (χ0) is 14.3. The normalized spacial score (nSPS) is 11.4. The molecule has 2 heterocycles. The van der Waals surface area contributed by atoms with Crippen LogP contribution in [-0.2, 0) is 13.5 Å². The van der Waals surface area contributed by atoms with E-state index in [4.69, 9.17) is 16.6 Å². The van der Waals surface area contributed by atoms with Gasteiger partial charge in [0.2, 0.25) is 0 Å². The summed E-state index contributed by atoms with van der Waals surface area (Å²) < 4.78 is 4.03. The van der Waals surface area contributed by atoms with Crippen molar-refractivity contribution in [2.24, 2.45) is 7.05 Å². The number of hydrogen-bond donors (Lipinski definition) is 0. The molecule has 3 aromatic rings. The van der Waals surface area contributed by atoms with Gasteiger partial charge in [0.25, 0.3) is 0 Å². The van der Waals surface area contributed by atoms with Crippen molar-refractivity contribution >= 4 is 22.8 Å². The summed E-state index contributed by atoms with van der Waals surface area (Å²) in [4.78, 5) is 4.72. The van der Waals surface area contributed by atoms with E-state index in [1.807, 2.05) is 18.7 Å². The first-order valence-corrected chi connectivity index (χ1v) is 7.19. The predicted octanol–water partition coefficient (Wildman–Crippen LogP) is 3.16. The second-order valence-electron chi connectivity index (χ2n) is 5.02. The van der Waals surface area contributed by atoms with E-state index in [1.165, 1.54) is 5.56 Å². The molecule has 0 radical (unpaired) electrons. The van der Waals surface area contributed by atoms with E-state index in [2.05, 4.69) is 40.9 Å². The van der Waals surface area contributed by atoms with Crippen LogP contribution in [0.25, 0.3) is 16.9 Å². The average molecular weight is 289 g/mol. The van der Waals surface area contributed by atoms with Crippen molar-refractivity contribution in [1.82, 2.24) is 19.3 Å². The number of alkyl halides is 1. The van der Waals surface area contributed by atoms with Crippen LogP contribution < -0.4 is 0 Å². The summed E-state index contributed by atoms with van der Waals surface area (Å²) in [6.45, 7) is 4.07. The highest BCUT2D eigenvalue weighted by Crippen LogP contribution is 2.24. The fraction of sp³-hybridized carbons (Fsp3) is 0.333. The van der Waals surface area contributed by atoms with Crippen molar-refractivity contribution < 1.29 is 0 Å². The van der Waals surface area contributed by atoms with Crippen molar-refractivity contribution in [2.45, 2.75) is 20.3 Å². The average Bonchev–Trinajstić information content (AvgIpc) is 2.91. The van der Waals surface area contributed by atoms with Gasteiger partial charge < -0.3 is 0 Å². The standard InChI is InChI=1S/C15H17ClN4/c1-10-4-6-12(7-5-10)20-13(8-9-16)17-14-11(2)18-19(3)15(14)20/h4-7H,8-9H2,1-3H3. The molecule has 3 rings (SSSR count). The molecule has 1 aromatic carbocycles. The van der Waals surface area contributed by atoms with E-state index in [-0.39, 0.29) is 0 Å². The van der Waals surface area contributed by atoms with Crippen molar-refractivity contribution in [3.63, 3.8) is 0 Å². The lowest BCUT2D eigenvalue weighted by Gasteiger charge is -2.09. The number of nitrogens with zero attached hydrogens (tertiary/aromatic N) is 4. The Bertz CT molecular complexity index is 752. The van der Waals surface area contributed by atoms with Crippen LogP contribution in [0.4, 0.5) is 0 Å². The monoisotopic (exact) mass is 288 g/mol. The van der Waals surface area contributed by atoms with Gasteiger partial charge in [-0.3, -0.25) is 4.57 Å². The Balaban J connectivity index is 2.30. The summed E-state index contributed by atoms with van der Waals surface area (Å²) >= 11 is 5.92. The zero-order valence-corrected chi connectivity index (χ0v) is 12.6. The molecule has 0 amide bonds. The predicted molar refractivity (Wildman–Crippen MR) is 81.7 cm³/mol. The van der Waals surface area contributed by atoms with Crippen LogP contribution >= 0.6 is 11.6 Å². The molecule has 2 aromatic heterocycles. The molecule has 0 saturated heterocycles. The molecule has 4 nitrogen and oxygen atoms in total. The quantitative estimate of drug-likeness (QED) is 0.694. The van der Waals surface area contributed by atoms with Crippen LogP contribution in [0.15, 0.2) is 24.3 Å². The second kappa shape index (κ2) is 4.94. The first-order chi connectivity index (χ1) is 9.61. The second-order valence-corrected chi connectivity index (χ2v) is 5.40. The lowest BCUT2D eigenvalue weighted by molar-refractivity contribution is 0.751. The summed E-state index contributed by atoms with van der Waals surface area (Å²) in [6.07, 6.45) is 0.740.